The smallest absolute Gasteiger partial charge is 0.247 e. The van der Waals surface area contributed by atoms with Crippen LogP contribution in [0.5, 0.6) is 0 Å². The average molecular weight is 518 g/mol. The van der Waals surface area contributed by atoms with E-state index >= 15 is 0 Å². The van der Waals surface area contributed by atoms with Crippen LogP contribution in [0.15, 0.2) is 99.0 Å². The van der Waals surface area contributed by atoms with Crippen molar-refractivity contribution in [2.75, 3.05) is 0 Å². The maximum atomic E-state index is 5.86. The van der Waals surface area contributed by atoms with Crippen LogP contribution < -0.4 is 0 Å². The Kier molecular flexibility index (Phi) is 6.64. The molecule has 0 fully saturated rings. The van der Waals surface area contributed by atoms with Crippen LogP contribution in [0, 0.1) is 0 Å². The van der Waals surface area contributed by atoms with Crippen molar-refractivity contribution >= 4 is 27.7 Å². The Morgan fingerprint density at radius 3 is 2.24 bits per heavy atom. The van der Waals surface area contributed by atoms with Crippen LogP contribution in [0.2, 0.25) is 0 Å². The van der Waals surface area contributed by atoms with Crippen molar-refractivity contribution in [3.63, 3.8) is 0 Å². The quantitative estimate of drug-likeness (QED) is 0.225. The van der Waals surface area contributed by atoms with E-state index in [1.165, 1.54) is 5.56 Å². The first-order valence-corrected chi connectivity index (χ1v) is 12.3. The standard InChI is InChI=1S/C25H20BrN5OS/c26-21-13-11-19(12-14-21)23-28-30-25(31(23)16-15-18-7-3-1-4-8-18)33-17-22-27-29-24(32-22)20-9-5-2-6-10-20/h1-14H,15-17H2. The maximum Gasteiger partial charge on any atom is 0.247 e. The van der Waals surface area contributed by atoms with Crippen LogP contribution in [0.1, 0.15) is 11.5 Å². The molecule has 8 heteroatoms. The van der Waals surface area contributed by atoms with E-state index in [1.54, 1.807) is 11.8 Å². The summed E-state index contributed by atoms with van der Waals surface area (Å²) in [5.74, 6) is 2.44. The molecular formula is C25H20BrN5OS. The second-order valence-corrected chi connectivity index (χ2v) is 9.21. The molecule has 0 bridgehead atoms. The van der Waals surface area contributed by atoms with E-state index in [9.17, 15) is 0 Å². The summed E-state index contributed by atoms with van der Waals surface area (Å²) in [6, 6.07) is 28.3. The maximum absolute atomic E-state index is 5.86. The Bertz CT molecular complexity index is 1320. The molecule has 0 N–H and O–H groups in total. The minimum absolute atomic E-state index is 0.518. The first-order valence-electron chi connectivity index (χ1n) is 10.5. The molecule has 6 nitrogen and oxygen atoms in total. The Morgan fingerprint density at radius 1 is 0.758 bits per heavy atom. The van der Waals surface area contributed by atoms with Crippen LogP contribution in [0.25, 0.3) is 22.8 Å². The summed E-state index contributed by atoms with van der Waals surface area (Å²) in [5.41, 5.74) is 3.20. The van der Waals surface area contributed by atoms with Gasteiger partial charge in [-0.25, -0.2) is 0 Å². The predicted octanol–water partition coefficient (Wildman–Crippen LogP) is 6.29. The van der Waals surface area contributed by atoms with E-state index in [0.29, 0.717) is 17.5 Å². The van der Waals surface area contributed by atoms with Crippen LogP contribution in [0.3, 0.4) is 0 Å². The highest BCUT2D eigenvalue weighted by atomic mass is 79.9. The molecule has 0 aliphatic rings. The number of rotatable bonds is 8. The topological polar surface area (TPSA) is 69.6 Å². The van der Waals surface area contributed by atoms with Gasteiger partial charge in [-0.15, -0.1) is 20.4 Å². The summed E-state index contributed by atoms with van der Waals surface area (Å²) in [4.78, 5) is 0. The van der Waals surface area contributed by atoms with Crippen molar-refractivity contribution in [2.45, 2.75) is 23.9 Å². The number of thioether (sulfide) groups is 1. The number of halogens is 1. The van der Waals surface area contributed by atoms with Gasteiger partial charge in [-0.1, -0.05) is 88.4 Å². The first-order chi connectivity index (χ1) is 16.3. The van der Waals surface area contributed by atoms with Crippen molar-refractivity contribution in [3.8, 4) is 22.8 Å². The zero-order valence-corrected chi connectivity index (χ0v) is 20.0. The average Bonchev–Trinajstić information content (AvgIpc) is 3.50. The van der Waals surface area contributed by atoms with Gasteiger partial charge in [0.15, 0.2) is 11.0 Å². The molecule has 0 saturated carbocycles. The molecule has 0 radical (unpaired) electrons. The van der Waals surface area contributed by atoms with Gasteiger partial charge in [-0.3, -0.25) is 0 Å². The largest absolute Gasteiger partial charge is 0.420 e. The normalized spacial score (nSPS) is 11.1. The molecule has 3 aromatic carbocycles. The van der Waals surface area contributed by atoms with Crippen molar-refractivity contribution in [2.24, 2.45) is 0 Å². The van der Waals surface area contributed by atoms with Crippen LogP contribution in [0.4, 0.5) is 0 Å². The fourth-order valence-electron chi connectivity index (χ4n) is 3.43. The molecule has 0 aliphatic heterocycles. The molecule has 0 spiro atoms. The highest BCUT2D eigenvalue weighted by Crippen LogP contribution is 2.28. The Labute approximate surface area is 204 Å². The zero-order chi connectivity index (χ0) is 22.5. The molecule has 0 saturated heterocycles. The number of nitrogens with zero attached hydrogens (tertiary/aromatic N) is 5. The van der Waals surface area contributed by atoms with Gasteiger partial charge in [0.05, 0.1) is 5.75 Å². The molecule has 2 heterocycles. The van der Waals surface area contributed by atoms with Crippen LogP contribution in [-0.4, -0.2) is 25.0 Å². The molecule has 164 valence electrons. The molecule has 5 aromatic rings. The fraction of sp³-hybridized carbons (Fsp3) is 0.120. The van der Waals surface area contributed by atoms with Crippen molar-refractivity contribution < 1.29 is 4.42 Å². The third-order valence-electron chi connectivity index (χ3n) is 5.10. The van der Waals surface area contributed by atoms with Crippen molar-refractivity contribution in [1.29, 1.82) is 0 Å². The van der Waals surface area contributed by atoms with Gasteiger partial charge < -0.3 is 8.98 Å². The number of aromatic nitrogens is 5. The summed E-state index contributed by atoms with van der Waals surface area (Å²) in [6.07, 6.45) is 0.884. The zero-order valence-electron chi connectivity index (χ0n) is 17.6. The summed E-state index contributed by atoms with van der Waals surface area (Å²) < 4.78 is 9.05. The van der Waals surface area contributed by atoms with Gasteiger partial charge in [0.1, 0.15) is 0 Å². The van der Waals surface area contributed by atoms with Gasteiger partial charge in [0, 0.05) is 22.1 Å². The number of benzene rings is 3. The van der Waals surface area contributed by atoms with Crippen molar-refractivity contribution in [1.82, 2.24) is 25.0 Å². The van der Waals surface area contributed by atoms with E-state index in [0.717, 1.165) is 39.5 Å². The molecule has 0 atom stereocenters. The number of hydrogen-bond donors (Lipinski definition) is 0. The summed E-state index contributed by atoms with van der Waals surface area (Å²) in [6.45, 7) is 0.768. The molecule has 0 unspecified atom stereocenters. The van der Waals surface area contributed by atoms with Crippen molar-refractivity contribution in [3.05, 3.63) is 101 Å². The second kappa shape index (κ2) is 10.1. The lowest BCUT2D eigenvalue weighted by molar-refractivity contribution is 0.528. The van der Waals surface area contributed by atoms with Gasteiger partial charge in [0.2, 0.25) is 11.8 Å². The molecule has 0 amide bonds. The molecule has 33 heavy (non-hydrogen) atoms. The molecule has 2 aromatic heterocycles. The van der Waals surface area contributed by atoms with Gasteiger partial charge in [-0.05, 0) is 36.2 Å². The SMILES string of the molecule is Brc1ccc(-c2nnc(SCc3nnc(-c4ccccc4)o3)n2CCc2ccccc2)cc1. The van der Waals surface area contributed by atoms with E-state index in [2.05, 4.69) is 65.2 Å². The monoisotopic (exact) mass is 517 g/mol. The van der Waals surface area contributed by atoms with E-state index in [1.807, 2.05) is 60.7 Å². The second-order valence-electron chi connectivity index (χ2n) is 7.36. The molecule has 0 aliphatic carbocycles. The lowest BCUT2D eigenvalue weighted by Gasteiger charge is -2.10. The summed E-state index contributed by atoms with van der Waals surface area (Å²) >= 11 is 5.05. The lowest BCUT2D eigenvalue weighted by atomic mass is 10.1. The third kappa shape index (κ3) is 5.23. The molecule has 5 rings (SSSR count). The Morgan fingerprint density at radius 2 is 1.48 bits per heavy atom. The fourth-order valence-corrected chi connectivity index (χ4v) is 4.50. The minimum atomic E-state index is 0.518. The number of aryl methyl sites for hydroxylation is 1. The predicted molar refractivity (Wildman–Crippen MR) is 133 cm³/mol. The van der Waals surface area contributed by atoms with Crippen LogP contribution >= 0.6 is 27.7 Å². The highest BCUT2D eigenvalue weighted by molar-refractivity contribution is 9.10. The van der Waals surface area contributed by atoms with Gasteiger partial charge in [-0.2, -0.15) is 0 Å². The minimum Gasteiger partial charge on any atom is -0.420 e. The summed E-state index contributed by atoms with van der Waals surface area (Å²) in [7, 11) is 0. The lowest BCUT2D eigenvalue weighted by Crippen LogP contribution is -2.05. The van der Waals surface area contributed by atoms with Gasteiger partial charge in [0.25, 0.3) is 0 Å². The summed E-state index contributed by atoms with van der Waals surface area (Å²) in [5, 5.41) is 18.2. The number of hydrogen-bond acceptors (Lipinski definition) is 6. The van der Waals surface area contributed by atoms with Crippen LogP contribution in [-0.2, 0) is 18.7 Å². The Hall–Kier alpha value is -3.23. The van der Waals surface area contributed by atoms with E-state index in [-0.39, 0.29) is 0 Å². The van der Waals surface area contributed by atoms with E-state index < -0.39 is 0 Å². The van der Waals surface area contributed by atoms with E-state index in [4.69, 9.17) is 4.42 Å². The first kappa shape index (κ1) is 21.6. The van der Waals surface area contributed by atoms with Gasteiger partial charge >= 0.3 is 0 Å². The third-order valence-corrected chi connectivity index (χ3v) is 6.58. The molecular weight excluding hydrogens is 498 g/mol. The highest BCUT2D eigenvalue weighted by Gasteiger charge is 2.16. The Balaban J connectivity index is 1.37.